The van der Waals surface area contributed by atoms with Gasteiger partial charge in [-0.3, -0.25) is 15.1 Å². The number of pyridine rings is 1. The lowest BCUT2D eigenvalue weighted by Crippen LogP contribution is -2.19. The van der Waals surface area contributed by atoms with E-state index in [1.165, 1.54) is 25.4 Å². The Morgan fingerprint density at radius 2 is 2.00 bits per heavy atom. The Balaban J connectivity index is 0.00000194. The number of rotatable bonds is 6. The van der Waals surface area contributed by atoms with Gasteiger partial charge in [0.15, 0.2) is 5.84 Å². The summed E-state index contributed by atoms with van der Waals surface area (Å²) in [7, 11) is 2.81. The minimum Gasteiger partial charge on any atom is -0.483 e. The summed E-state index contributed by atoms with van der Waals surface area (Å²) in [6, 6.07) is 6.19. The first-order valence-corrected chi connectivity index (χ1v) is 10.8. The van der Waals surface area contributed by atoms with E-state index >= 15 is 0 Å². The fourth-order valence-corrected chi connectivity index (χ4v) is 2.83. The van der Waals surface area contributed by atoms with Crippen molar-refractivity contribution in [3.8, 4) is 0 Å². The predicted molar refractivity (Wildman–Crippen MR) is 138 cm³/mol. The van der Waals surface area contributed by atoms with Crippen molar-refractivity contribution in [3.63, 3.8) is 0 Å². The SMILES string of the molecule is C=CC(=NC(=NC)c1cc(NCC(Cl)(Cl)Cl)c(F)cc1C)c1ccnc(NC(=O)OC)c1.O=CO. The van der Waals surface area contributed by atoms with E-state index in [0.29, 0.717) is 28.2 Å². The number of aryl methyl sites for hydroxylation is 1. The topological polar surface area (TPSA) is 125 Å². The molecule has 0 atom stereocenters. The van der Waals surface area contributed by atoms with Crippen molar-refractivity contribution in [1.29, 1.82) is 0 Å². The molecule has 9 nitrogen and oxygen atoms in total. The molecule has 0 bridgehead atoms. The smallest absolute Gasteiger partial charge is 0.412 e. The number of ether oxygens (including phenoxy) is 1. The Labute approximate surface area is 216 Å². The van der Waals surface area contributed by atoms with Gasteiger partial charge in [0.05, 0.1) is 25.1 Å². The predicted octanol–water partition coefficient (Wildman–Crippen LogP) is 5.24. The number of amidine groups is 1. The van der Waals surface area contributed by atoms with Crippen molar-refractivity contribution >= 4 is 70.4 Å². The number of benzene rings is 1. The minimum absolute atomic E-state index is 0.0934. The number of carboxylic acid groups (broad SMARTS) is 1. The molecule has 35 heavy (non-hydrogen) atoms. The summed E-state index contributed by atoms with van der Waals surface area (Å²) in [5, 5.41) is 12.1. The van der Waals surface area contributed by atoms with Crippen molar-refractivity contribution in [2.45, 2.75) is 10.7 Å². The van der Waals surface area contributed by atoms with E-state index in [9.17, 15) is 9.18 Å². The van der Waals surface area contributed by atoms with Crippen LogP contribution >= 0.6 is 34.8 Å². The van der Waals surface area contributed by atoms with Crippen LogP contribution in [0.5, 0.6) is 0 Å². The van der Waals surface area contributed by atoms with Gasteiger partial charge in [-0.15, -0.1) is 0 Å². The molecule has 3 N–H and O–H groups in total. The number of alkyl halides is 3. The molecule has 0 aliphatic rings. The van der Waals surface area contributed by atoms with Crippen LogP contribution in [0, 0.1) is 12.7 Å². The number of nitrogens with one attached hydrogen (secondary N) is 2. The second-order valence-electron chi connectivity index (χ2n) is 6.52. The van der Waals surface area contributed by atoms with Gasteiger partial charge in [-0.1, -0.05) is 41.4 Å². The lowest BCUT2D eigenvalue weighted by atomic mass is 10.1. The van der Waals surface area contributed by atoms with Gasteiger partial charge in [-0.2, -0.15) is 0 Å². The summed E-state index contributed by atoms with van der Waals surface area (Å²) in [6.45, 7) is 5.19. The number of aromatic nitrogens is 1. The molecular weight excluding hydrogens is 524 g/mol. The highest BCUT2D eigenvalue weighted by molar-refractivity contribution is 6.67. The van der Waals surface area contributed by atoms with Crippen molar-refractivity contribution in [1.82, 2.24) is 4.98 Å². The van der Waals surface area contributed by atoms with E-state index < -0.39 is 15.7 Å². The van der Waals surface area contributed by atoms with Gasteiger partial charge in [-0.05, 0) is 42.8 Å². The summed E-state index contributed by atoms with van der Waals surface area (Å²) in [6.07, 6.45) is 2.38. The Morgan fingerprint density at radius 3 is 2.54 bits per heavy atom. The van der Waals surface area contributed by atoms with Crippen LogP contribution in [-0.4, -0.2) is 58.7 Å². The van der Waals surface area contributed by atoms with E-state index in [1.54, 1.807) is 32.2 Å². The second-order valence-corrected chi connectivity index (χ2v) is 9.03. The number of aliphatic imine (C=N–C) groups is 2. The number of hydrogen-bond acceptors (Lipinski definition) is 6. The number of allylic oxidation sites excluding steroid dienone is 1. The Bertz CT molecular complexity index is 1120. The van der Waals surface area contributed by atoms with Gasteiger partial charge in [0.1, 0.15) is 11.6 Å². The molecule has 1 amide bonds. The average molecular weight is 547 g/mol. The van der Waals surface area contributed by atoms with Crippen LogP contribution in [0.2, 0.25) is 0 Å². The maximum atomic E-state index is 14.4. The Kier molecular flexibility index (Phi) is 12.1. The third-order valence-electron chi connectivity index (χ3n) is 4.14. The van der Waals surface area contributed by atoms with Crippen LogP contribution in [-0.2, 0) is 9.53 Å². The van der Waals surface area contributed by atoms with Crippen LogP contribution in [0.1, 0.15) is 16.7 Å². The molecule has 0 saturated carbocycles. The number of halogens is 4. The normalized spacial score (nSPS) is 11.6. The minimum atomic E-state index is -1.59. The summed E-state index contributed by atoms with van der Waals surface area (Å²) in [5.74, 6) is 0.0974. The van der Waals surface area contributed by atoms with E-state index in [4.69, 9.17) is 44.7 Å². The number of nitrogens with zero attached hydrogens (tertiary/aromatic N) is 3. The van der Waals surface area contributed by atoms with Crippen LogP contribution in [0.4, 0.5) is 20.7 Å². The Hall–Kier alpha value is -3.21. The standard InChI is InChI=1S/C21H21Cl3FN5O2.CH2O2/c1-5-16(13-6-7-27-18(9-13)30-20(31)32-4)29-19(26-3)14-10-17(15(25)8-12(14)2)28-11-21(22,23)24;2-1-3/h5-10,28H,1,11H2,2-4H3,(H,27,30,31);1H,(H,2,3). The fraction of sp³-hybridized carbons (Fsp3) is 0.227. The molecule has 1 heterocycles. The molecule has 0 fully saturated rings. The summed E-state index contributed by atoms with van der Waals surface area (Å²) in [5.41, 5.74) is 2.40. The second kappa shape index (κ2) is 14.2. The first-order valence-electron chi connectivity index (χ1n) is 9.67. The van der Waals surface area contributed by atoms with Crippen molar-refractivity contribution in [2.24, 2.45) is 9.98 Å². The van der Waals surface area contributed by atoms with E-state index in [0.717, 1.165) is 0 Å². The van der Waals surface area contributed by atoms with Crippen molar-refractivity contribution in [3.05, 3.63) is 65.6 Å². The highest BCUT2D eigenvalue weighted by Gasteiger charge is 2.20. The highest BCUT2D eigenvalue weighted by atomic mass is 35.6. The lowest BCUT2D eigenvalue weighted by Gasteiger charge is -2.16. The molecule has 2 aromatic rings. The summed E-state index contributed by atoms with van der Waals surface area (Å²) in [4.78, 5) is 32.7. The molecule has 0 aliphatic heterocycles. The van der Waals surface area contributed by atoms with Crippen LogP contribution in [0.3, 0.4) is 0 Å². The molecule has 1 aromatic carbocycles. The summed E-state index contributed by atoms with van der Waals surface area (Å²) < 4.78 is 17.4. The number of carbonyl (C=O) groups excluding carboxylic acids is 1. The van der Waals surface area contributed by atoms with Gasteiger partial charge >= 0.3 is 6.09 Å². The third-order valence-corrected chi connectivity index (χ3v) is 4.54. The molecule has 0 saturated heterocycles. The largest absolute Gasteiger partial charge is 0.483 e. The van der Waals surface area contributed by atoms with Gasteiger partial charge < -0.3 is 15.2 Å². The highest BCUT2D eigenvalue weighted by Crippen LogP contribution is 2.28. The third kappa shape index (κ3) is 9.89. The number of hydrogen-bond donors (Lipinski definition) is 3. The zero-order chi connectivity index (χ0) is 26.6. The number of anilines is 2. The quantitative estimate of drug-likeness (QED) is 0.197. The molecule has 0 unspecified atom stereocenters. The molecule has 0 aliphatic carbocycles. The molecule has 13 heteroatoms. The molecule has 0 spiro atoms. The Morgan fingerprint density at radius 1 is 1.34 bits per heavy atom. The first-order chi connectivity index (χ1) is 16.5. The monoisotopic (exact) mass is 545 g/mol. The lowest BCUT2D eigenvalue weighted by molar-refractivity contribution is -0.122. The number of amides is 1. The molecular formula is C22H23Cl3FN5O4. The number of carbonyl (C=O) groups is 2. The van der Waals surface area contributed by atoms with Crippen LogP contribution < -0.4 is 10.6 Å². The van der Waals surface area contributed by atoms with Gasteiger partial charge in [0.25, 0.3) is 6.47 Å². The zero-order valence-corrected chi connectivity index (χ0v) is 21.2. The van der Waals surface area contributed by atoms with E-state index in [1.807, 2.05) is 0 Å². The molecule has 188 valence electrons. The zero-order valence-electron chi connectivity index (χ0n) is 19.0. The molecule has 0 radical (unpaired) electrons. The molecule has 1 aromatic heterocycles. The first kappa shape index (κ1) is 29.8. The van der Waals surface area contributed by atoms with Gasteiger partial charge in [0, 0.05) is 24.4 Å². The van der Waals surface area contributed by atoms with Crippen LogP contribution in [0.25, 0.3) is 0 Å². The van der Waals surface area contributed by atoms with Crippen LogP contribution in [0.15, 0.2) is 53.1 Å². The van der Waals surface area contributed by atoms with Gasteiger partial charge in [-0.25, -0.2) is 19.2 Å². The average Bonchev–Trinajstić information content (AvgIpc) is 2.80. The summed E-state index contributed by atoms with van der Waals surface area (Å²) >= 11 is 17.3. The van der Waals surface area contributed by atoms with Crippen molar-refractivity contribution in [2.75, 3.05) is 31.3 Å². The van der Waals surface area contributed by atoms with Crippen molar-refractivity contribution < 1.29 is 23.8 Å². The molecule has 2 rings (SSSR count). The van der Waals surface area contributed by atoms with Gasteiger partial charge in [0.2, 0.25) is 3.79 Å². The maximum absolute atomic E-state index is 14.4. The number of methoxy groups -OCH3 is 1. The fourth-order valence-electron chi connectivity index (χ4n) is 2.63. The maximum Gasteiger partial charge on any atom is 0.412 e. The van der Waals surface area contributed by atoms with E-state index in [2.05, 4.69) is 36.9 Å². The van der Waals surface area contributed by atoms with E-state index in [-0.39, 0.29) is 24.5 Å².